The molecule has 0 spiro atoms. The summed E-state index contributed by atoms with van der Waals surface area (Å²) in [7, 11) is 0. The van der Waals surface area contributed by atoms with Crippen LogP contribution in [0.25, 0.3) is 0 Å². The summed E-state index contributed by atoms with van der Waals surface area (Å²) >= 11 is 0. The molecule has 1 fully saturated rings. The number of aromatic nitrogens is 2. The molecule has 0 radical (unpaired) electrons. The van der Waals surface area contributed by atoms with Crippen LogP contribution < -0.4 is 5.32 Å². The molecule has 0 amide bonds. The topological polar surface area (TPSA) is 39.1 Å². The van der Waals surface area contributed by atoms with Crippen LogP contribution in [0.3, 0.4) is 0 Å². The number of nitrogens with one attached hydrogen (secondary N) is 1. The second-order valence-electron chi connectivity index (χ2n) is 5.33. The highest BCUT2D eigenvalue weighted by Gasteiger charge is 2.30. The zero-order chi connectivity index (χ0) is 12.3. The Morgan fingerprint density at radius 1 is 1.59 bits per heavy atom. The molecular weight excluding hydrogens is 214 g/mol. The molecule has 96 valence electrons. The number of rotatable bonds is 4. The van der Waals surface area contributed by atoms with Crippen LogP contribution in [-0.4, -0.2) is 28.3 Å². The predicted molar refractivity (Wildman–Crippen MR) is 67.9 cm³/mol. The second-order valence-corrected chi connectivity index (χ2v) is 5.33. The lowest BCUT2D eigenvalue weighted by Gasteiger charge is -2.36. The molecule has 1 saturated heterocycles. The van der Waals surface area contributed by atoms with Crippen molar-refractivity contribution in [3.8, 4) is 0 Å². The number of ether oxygens (including phenoxy) is 1. The van der Waals surface area contributed by atoms with Crippen molar-refractivity contribution in [2.24, 2.45) is 0 Å². The lowest BCUT2D eigenvalue weighted by Crippen LogP contribution is -2.35. The van der Waals surface area contributed by atoms with E-state index in [0.29, 0.717) is 6.04 Å². The van der Waals surface area contributed by atoms with Crippen molar-refractivity contribution >= 4 is 0 Å². The predicted octanol–water partition coefficient (Wildman–Crippen LogP) is 2.12. The van der Waals surface area contributed by atoms with Crippen molar-refractivity contribution in [1.29, 1.82) is 0 Å². The zero-order valence-corrected chi connectivity index (χ0v) is 11.1. The molecule has 0 bridgehead atoms. The van der Waals surface area contributed by atoms with Gasteiger partial charge in [-0.2, -0.15) is 0 Å². The van der Waals surface area contributed by atoms with Gasteiger partial charge in [0, 0.05) is 25.4 Å². The molecule has 0 saturated carbocycles. The Labute approximate surface area is 103 Å². The smallest absolute Gasteiger partial charge is 0.0951 e. The molecule has 0 aliphatic carbocycles. The van der Waals surface area contributed by atoms with Gasteiger partial charge < -0.3 is 14.6 Å². The van der Waals surface area contributed by atoms with Crippen LogP contribution in [-0.2, 0) is 11.3 Å². The highest BCUT2D eigenvalue weighted by atomic mass is 16.5. The third-order valence-corrected chi connectivity index (χ3v) is 3.37. The summed E-state index contributed by atoms with van der Waals surface area (Å²) in [4.78, 5) is 4.28. The summed E-state index contributed by atoms with van der Waals surface area (Å²) in [6, 6.07) is 0.523. The van der Waals surface area contributed by atoms with Gasteiger partial charge in [-0.15, -0.1) is 0 Å². The number of hydrogen-bond acceptors (Lipinski definition) is 3. The average Bonchev–Trinajstić information content (AvgIpc) is 2.73. The van der Waals surface area contributed by atoms with Crippen LogP contribution in [0.15, 0.2) is 12.5 Å². The second kappa shape index (κ2) is 5.19. The maximum absolute atomic E-state index is 5.77. The third kappa shape index (κ3) is 3.07. The Morgan fingerprint density at radius 3 is 3.12 bits per heavy atom. The summed E-state index contributed by atoms with van der Waals surface area (Å²) < 4.78 is 8.08. The van der Waals surface area contributed by atoms with E-state index < -0.39 is 0 Å². The van der Waals surface area contributed by atoms with Crippen molar-refractivity contribution in [1.82, 2.24) is 14.9 Å². The van der Waals surface area contributed by atoms with Crippen LogP contribution in [0.5, 0.6) is 0 Å². The monoisotopic (exact) mass is 237 g/mol. The first-order valence-corrected chi connectivity index (χ1v) is 6.48. The van der Waals surface area contributed by atoms with E-state index in [-0.39, 0.29) is 5.60 Å². The van der Waals surface area contributed by atoms with E-state index in [1.165, 1.54) is 5.69 Å². The molecule has 1 unspecified atom stereocenters. The Morgan fingerprint density at radius 2 is 2.41 bits per heavy atom. The van der Waals surface area contributed by atoms with Gasteiger partial charge in [0.15, 0.2) is 0 Å². The van der Waals surface area contributed by atoms with Crippen LogP contribution in [0.1, 0.15) is 45.3 Å². The van der Waals surface area contributed by atoms with Gasteiger partial charge in [-0.05, 0) is 33.2 Å². The fourth-order valence-electron chi connectivity index (χ4n) is 2.49. The van der Waals surface area contributed by atoms with Gasteiger partial charge in [-0.3, -0.25) is 0 Å². The SMILES string of the molecule is CCNCc1cncn1C1CCOC(C)(C)C1. The third-order valence-electron chi connectivity index (χ3n) is 3.37. The molecule has 1 N–H and O–H groups in total. The number of hydrogen-bond donors (Lipinski definition) is 1. The maximum Gasteiger partial charge on any atom is 0.0951 e. The van der Waals surface area contributed by atoms with Gasteiger partial charge >= 0.3 is 0 Å². The first-order chi connectivity index (χ1) is 8.12. The zero-order valence-electron chi connectivity index (χ0n) is 11.1. The largest absolute Gasteiger partial charge is 0.375 e. The van der Waals surface area contributed by atoms with E-state index in [9.17, 15) is 0 Å². The summed E-state index contributed by atoms with van der Waals surface area (Å²) in [5, 5.41) is 3.36. The standard InChI is InChI=1S/C13H23N3O/c1-4-14-8-12-9-15-10-16(12)11-5-6-17-13(2,3)7-11/h9-11,14H,4-8H2,1-3H3. The van der Waals surface area contributed by atoms with Crippen molar-refractivity contribution in [3.05, 3.63) is 18.2 Å². The minimum absolute atomic E-state index is 0.0113. The van der Waals surface area contributed by atoms with Crippen molar-refractivity contribution < 1.29 is 4.74 Å². The summed E-state index contributed by atoms with van der Waals surface area (Å²) in [5.74, 6) is 0. The molecule has 1 aromatic rings. The minimum Gasteiger partial charge on any atom is -0.375 e. The molecule has 1 aromatic heterocycles. The molecule has 1 aliphatic rings. The molecular formula is C13H23N3O. The molecule has 2 rings (SSSR count). The van der Waals surface area contributed by atoms with Crippen LogP contribution in [0, 0.1) is 0 Å². The summed E-state index contributed by atoms with van der Waals surface area (Å²) in [6.45, 7) is 9.19. The van der Waals surface area contributed by atoms with E-state index in [4.69, 9.17) is 4.74 Å². The number of nitrogens with zero attached hydrogens (tertiary/aromatic N) is 2. The first-order valence-electron chi connectivity index (χ1n) is 6.48. The molecule has 4 heteroatoms. The number of imidazole rings is 1. The molecule has 1 atom stereocenters. The fourth-order valence-corrected chi connectivity index (χ4v) is 2.49. The van der Waals surface area contributed by atoms with Gasteiger partial charge in [-0.1, -0.05) is 6.92 Å². The summed E-state index contributed by atoms with van der Waals surface area (Å²) in [5.41, 5.74) is 1.26. The minimum atomic E-state index is -0.0113. The van der Waals surface area contributed by atoms with Crippen molar-refractivity contribution in [2.75, 3.05) is 13.2 Å². The Balaban J connectivity index is 2.08. The van der Waals surface area contributed by atoms with E-state index in [1.54, 1.807) is 0 Å². The van der Waals surface area contributed by atoms with Crippen LogP contribution in [0.4, 0.5) is 0 Å². The van der Waals surface area contributed by atoms with E-state index in [0.717, 1.165) is 32.5 Å². The van der Waals surface area contributed by atoms with Crippen molar-refractivity contribution in [2.45, 2.75) is 51.8 Å². The lowest BCUT2D eigenvalue weighted by atomic mass is 9.93. The quantitative estimate of drug-likeness (QED) is 0.872. The van der Waals surface area contributed by atoms with Gasteiger partial charge in [0.25, 0.3) is 0 Å². The van der Waals surface area contributed by atoms with Gasteiger partial charge in [-0.25, -0.2) is 4.98 Å². The molecule has 4 nitrogen and oxygen atoms in total. The molecule has 2 heterocycles. The Bertz CT molecular complexity index is 359. The average molecular weight is 237 g/mol. The van der Waals surface area contributed by atoms with Crippen molar-refractivity contribution in [3.63, 3.8) is 0 Å². The van der Waals surface area contributed by atoms with Gasteiger partial charge in [0.1, 0.15) is 0 Å². The molecule has 0 aromatic carbocycles. The van der Waals surface area contributed by atoms with E-state index in [1.807, 2.05) is 12.5 Å². The van der Waals surface area contributed by atoms with Crippen LogP contribution >= 0.6 is 0 Å². The van der Waals surface area contributed by atoms with Crippen LogP contribution in [0.2, 0.25) is 0 Å². The molecule has 1 aliphatic heterocycles. The van der Waals surface area contributed by atoms with E-state index in [2.05, 4.69) is 35.6 Å². The molecule has 17 heavy (non-hydrogen) atoms. The van der Waals surface area contributed by atoms with Gasteiger partial charge in [0.2, 0.25) is 0 Å². The lowest BCUT2D eigenvalue weighted by molar-refractivity contribution is -0.0694. The van der Waals surface area contributed by atoms with E-state index >= 15 is 0 Å². The fraction of sp³-hybridized carbons (Fsp3) is 0.769. The Hall–Kier alpha value is -0.870. The maximum atomic E-state index is 5.77. The highest BCUT2D eigenvalue weighted by molar-refractivity contribution is 5.01. The van der Waals surface area contributed by atoms with Gasteiger partial charge in [0.05, 0.1) is 17.6 Å². The Kier molecular flexibility index (Phi) is 3.84. The summed E-state index contributed by atoms with van der Waals surface area (Å²) in [6.07, 6.45) is 6.06. The first kappa shape index (κ1) is 12.6. The normalized spacial score (nSPS) is 23.8. The highest BCUT2D eigenvalue weighted by Crippen LogP contribution is 2.32.